The molecule has 0 radical (unpaired) electrons. The van der Waals surface area contributed by atoms with Gasteiger partial charge in [-0.25, -0.2) is 4.79 Å². The highest BCUT2D eigenvalue weighted by atomic mass is 16.6. The number of unbranched alkanes of at least 4 members (excludes halogenated alkanes) is 8. The molecule has 1 unspecified atom stereocenters. The summed E-state index contributed by atoms with van der Waals surface area (Å²) in [6.07, 6.45) is 10.8. The van der Waals surface area contributed by atoms with Crippen molar-refractivity contribution in [1.29, 1.82) is 0 Å². The first-order valence-electron chi connectivity index (χ1n) is 8.82. The Bertz CT molecular complexity index is 402. The SMILES string of the molecule is CCCCCCCCCCCC(OC(C)=O)C1=CC(=O)O[C@H]1O. The van der Waals surface area contributed by atoms with Crippen LogP contribution in [0.3, 0.4) is 0 Å². The largest absolute Gasteiger partial charge is 0.458 e. The van der Waals surface area contributed by atoms with E-state index in [1.165, 1.54) is 51.5 Å². The number of hydrogen-bond acceptors (Lipinski definition) is 5. The average Bonchev–Trinajstić information content (AvgIpc) is 2.82. The van der Waals surface area contributed by atoms with E-state index in [1.807, 2.05) is 0 Å². The molecule has 1 heterocycles. The number of cyclic esters (lactones) is 1. The van der Waals surface area contributed by atoms with Crippen LogP contribution in [0.2, 0.25) is 0 Å². The molecule has 0 aromatic carbocycles. The highest BCUT2D eigenvalue weighted by molar-refractivity contribution is 5.86. The van der Waals surface area contributed by atoms with Crippen LogP contribution in [-0.2, 0) is 19.1 Å². The summed E-state index contributed by atoms with van der Waals surface area (Å²) in [5.74, 6) is -1.00. The van der Waals surface area contributed by atoms with E-state index in [4.69, 9.17) is 4.74 Å². The molecule has 1 rings (SSSR count). The minimum Gasteiger partial charge on any atom is -0.458 e. The highest BCUT2D eigenvalue weighted by Gasteiger charge is 2.31. The molecule has 23 heavy (non-hydrogen) atoms. The number of hydrogen-bond donors (Lipinski definition) is 1. The summed E-state index contributed by atoms with van der Waals surface area (Å²) in [5.41, 5.74) is 0.352. The van der Waals surface area contributed by atoms with Crippen LogP contribution in [0.5, 0.6) is 0 Å². The van der Waals surface area contributed by atoms with Gasteiger partial charge in [-0.05, 0) is 12.8 Å². The van der Waals surface area contributed by atoms with Gasteiger partial charge in [-0.2, -0.15) is 0 Å². The molecule has 0 saturated heterocycles. The van der Waals surface area contributed by atoms with Gasteiger partial charge in [0.15, 0.2) is 0 Å². The van der Waals surface area contributed by atoms with Gasteiger partial charge in [0.25, 0.3) is 0 Å². The number of ether oxygens (including phenoxy) is 2. The standard InChI is InChI=1S/C18H30O5/c1-3-4-5-6-7-8-9-10-11-12-16(22-14(2)19)15-13-17(20)23-18(15)21/h13,16,18,21H,3-12H2,1-2H3/t16?,18-/m1/s1. The van der Waals surface area contributed by atoms with Crippen molar-refractivity contribution in [3.8, 4) is 0 Å². The Morgan fingerprint density at radius 3 is 2.22 bits per heavy atom. The van der Waals surface area contributed by atoms with E-state index in [0.29, 0.717) is 12.0 Å². The first kappa shape index (κ1) is 19.7. The third-order valence-electron chi connectivity index (χ3n) is 4.05. The molecule has 132 valence electrons. The fourth-order valence-electron chi connectivity index (χ4n) is 2.81. The maximum absolute atomic E-state index is 11.2. The Hall–Kier alpha value is -1.36. The molecule has 1 N–H and O–H groups in total. The van der Waals surface area contributed by atoms with E-state index >= 15 is 0 Å². The highest BCUT2D eigenvalue weighted by Crippen LogP contribution is 2.24. The summed E-state index contributed by atoms with van der Waals surface area (Å²) >= 11 is 0. The van der Waals surface area contributed by atoms with Gasteiger partial charge in [0.1, 0.15) is 6.10 Å². The zero-order valence-corrected chi connectivity index (χ0v) is 14.4. The van der Waals surface area contributed by atoms with Crippen LogP contribution < -0.4 is 0 Å². The van der Waals surface area contributed by atoms with Gasteiger partial charge < -0.3 is 14.6 Å². The molecule has 0 aromatic rings. The van der Waals surface area contributed by atoms with Crippen molar-refractivity contribution in [3.05, 3.63) is 11.6 Å². The first-order chi connectivity index (χ1) is 11.0. The first-order valence-corrected chi connectivity index (χ1v) is 8.82. The Kier molecular flexibility index (Phi) is 9.60. The molecule has 0 spiro atoms. The second-order valence-corrected chi connectivity index (χ2v) is 6.15. The lowest BCUT2D eigenvalue weighted by Crippen LogP contribution is -2.25. The molecular weight excluding hydrogens is 296 g/mol. The molecule has 0 aliphatic carbocycles. The summed E-state index contributed by atoms with van der Waals surface area (Å²) in [7, 11) is 0. The molecule has 1 aliphatic rings. The molecule has 0 fully saturated rings. The maximum atomic E-state index is 11.2. The van der Waals surface area contributed by atoms with Gasteiger partial charge in [0, 0.05) is 18.6 Å². The number of rotatable bonds is 12. The molecule has 5 nitrogen and oxygen atoms in total. The molecular formula is C18H30O5. The number of aliphatic hydroxyl groups is 1. The van der Waals surface area contributed by atoms with Crippen LogP contribution in [0, 0.1) is 0 Å². The van der Waals surface area contributed by atoms with Gasteiger partial charge in [-0.15, -0.1) is 0 Å². The zero-order chi connectivity index (χ0) is 17.1. The summed E-state index contributed by atoms with van der Waals surface area (Å²) < 4.78 is 9.89. The van der Waals surface area contributed by atoms with E-state index in [0.717, 1.165) is 19.3 Å². The molecule has 1 aliphatic heterocycles. The van der Waals surface area contributed by atoms with Gasteiger partial charge in [0.2, 0.25) is 6.29 Å². The van der Waals surface area contributed by atoms with Crippen molar-refractivity contribution < 1.29 is 24.2 Å². The predicted octanol–water partition coefficient (Wildman–Crippen LogP) is 3.64. The molecule has 0 aromatic heterocycles. The lowest BCUT2D eigenvalue weighted by Gasteiger charge is -2.19. The fourth-order valence-corrected chi connectivity index (χ4v) is 2.81. The summed E-state index contributed by atoms with van der Waals surface area (Å²) in [6.45, 7) is 3.54. The minimum absolute atomic E-state index is 0.352. The van der Waals surface area contributed by atoms with Crippen LogP contribution in [-0.4, -0.2) is 29.4 Å². The number of carbonyl (C=O) groups excluding carboxylic acids is 2. The van der Waals surface area contributed by atoms with E-state index in [-0.39, 0.29) is 0 Å². The third-order valence-corrected chi connectivity index (χ3v) is 4.05. The third kappa shape index (κ3) is 8.16. The Morgan fingerprint density at radius 2 is 1.74 bits per heavy atom. The van der Waals surface area contributed by atoms with Crippen molar-refractivity contribution in [3.63, 3.8) is 0 Å². The Balaban J connectivity index is 2.23. The minimum atomic E-state index is -1.29. The fraction of sp³-hybridized carbons (Fsp3) is 0.778. The predicted molar refractivity (Wildman–Crippen MR) is 87.6 cm³/mol. The zero-order valence-electron chi connectivity index (χ0n) is 14.4. The van der Waals surface area contributed by atoms with E-state index in [1.54, 1.807) is 0 Å². The van der Waals surface area contributed by atoms with Gasteiger partial charge in [-0.1, -0.05) is 58.3 Å². The summed E-state index contributed by atoms with van der Waals surface area (Å²) in [4.78, 5) is 22.4. The molecule has 0 bridgehead atoms. The number of aliphatic hydroxyl groups excluding tert-OH is 1. The molecule has 0 amide bonds. The quantitative estimate of drug-likeness (QED) is 0.438. The second kappa shape index (κ2) is 11.2. The smallest absolute Gasteiger partial charge is 0.333 e. The van der Waals surface area contributed by atoms with Crippen molar-refractivity contribution in [2.75, 3.05) is 0 Å². The average molecular weight is 326 g/mol. The summed E-state index contributed by atoms with van der Waals surface area (Å²) in [5, 5.41) is 9.68. The van der Waals surface area contributed by atoms with Crippen LogP contribution in [0.1, 0.15) is 78.1 Å². The van der Waals surface area contributed by atoms with Gasteiger partial charge in [-0.3, -0.25) is 4.79 Å². The lowest BCUT2D eigenvalue weighted by molar-refractivity contribution is -0.153. The van der Waals surface area contributed by atoms with Crippen LogP contribution in [0.25, 0.3) is 0 Å². The number of carbonyl (C=O) groups is 2. The van der Waals surface area contributed by atoms with Crippen molar-refractivity contribution >= 4 is 11.9 Å². The normalized spacial score (nSPS) is 18.5. The van der Waals surface area contributed by atoms with Gasteiger partial charge in [0.05, 0.1) is 0 Å². The molecule has 0 saturated carbocycles. The second-order valence-electron chi connectivity index (χ2n) is 6.15. The Labute approximate surface area is 139 Å². The van der Waals surface area contributed by atoms with Crippen LogP contribution in [0.15, 0.2) is 11.6 Å². The number of esters is 2. The topological polar surface area (TPSA) is 72.8 Å². The van der Waals surface area contributed by atoms with Crippen molar-refractivity contribution in [2.45, 2.75) is 90.4 Å². The molecule has 5 heteroatoms. The van der Waals surface area contributed by atoms with E-state index in [9.17, 15) is 14.7 Å². The van der Waals surface area contributed by atoms with E-state index in [2.05, 4.69) is 11.7 Å². The monoisotopic (exact) mass is 326 g/mol. The van der Waals surface area contributed by atoms with Gasteiger partial charge >= 0.3 is 11.9 Å². The van der Waals surface area contributed by atoms with Crippen molar-refractivity contribution in [1.82, 2.24) is 0 Å². The molecule has 2 atom stereocenters. The van der Waals surface area contributed by atoms with Crippen LogP contribution >= 0.6 is 0 Å². The van der Waals surface area contributed by atoms with Crippen molar-refractivity contribution in [2.24, 2.45) is 0 Å². The Morgan fingerprint density at radius 1 is 1.17 bits per heavy atom. The summed E-state index contributed by atoms with van der Waals surface area (Å²) in [6, 6.07) is 0. The van der Waals surface area contributed by atoms with Crippen LogP contribution in [0.4, 0.5) is 0 Å². The maximum Gasteiger partial charge on any atom is 0.333 e. The van der Waals surface area contributed by atoms with E-state index < -0.39 is 24.3 Å². The lowest BCUT2D eigenvalue weighted by atomic mass is 10.0.